The van der Waals surface area contributed by atoms with Crippen LogP contribution in [0.25, 0.3) is 0 Å². The Labute approximate surface area is 97.8 Å². The fourth-order valence-electron chi connectivity index (χ4n) is 1.26. The zero-order valence-corrected chi connectivity index (χ0v) is 10.5. The molecule has 0 saturated heterocycles. The lowest BCUT2D eigenvalue weighted by Crippen LogP contribution is -2.07. The van der Waals surface area contributed by atoms with Gasteiger partial charge in [0.2, 0.25) is 0 Å². The van der Waals surface area contributed by atoms with Crippen LogP contribution in [0.1, 0.15) is 25.3 Å². The van der Waals surface area contributed by atoms with Gasteiger partial charge in [-0.1, -0.05) is 31.0 Å². The van der Waals surface area contributed by atoms with E-state index in [1.807, 2.05) is 18.2 Å². The summed E-state index contributed by atoms with van der Waals surface area (Å²) in [6, 6.07) is 5.55. The van der Waals surface area contributed by atoms with Gasteiger partial charge in [0.1, 0.15) is 0 Å². The molecule has 1 aromatic rings. The number of hydrogen-bond donors (Lipinski definition) is 1. The van der Waals surface area contributed by atoms with E-state index in [1.54, 1.807) is 0 Å². The molecule has 0 atom stereocenters. The molecule has 0 aliphatic rings. The molecule has 0 aliphatic carbocycles. The molecule has 0 aliphatic heterocycles. The maximum absolute atomic E-state index is 7.90. The third kappa shape index (κ3) is 2.82. The molecule has 0 radical (unpaired) electrons. The Kier molecular flexibility index (Phi) is 4.63. The van der Waals surface area contributed by atoms with E-state index in [0.717, 1.165) is 29.3 Å². The Hall–Kier alpha value is -0.340. The van der Waals surface area contributed by atoms with E-state index < -0.39 is 0 Å². The van der Waals surface area contributed by atoms with E-state index in [9.17, 15) is 0 Å². The lowest BCUT2D eigenvalue weighted by Gasteiger charge is -1.99. The van der Waals surface area contributed by atoms with Crippen LogP contribution in [0.2, 0.25) is 5.02 Å². The maximum Gasteiger partial charge on any atom is 0.0728 e. The van der Waals surface area contributed by atoms with Crippen molar-refractivity contribution in [3.63, 3.8) is 0 Å². The van der Waals surface area contributed by atoms with Crippen molar-refractivity contribution < 1.29 is 0 Å². The summed E-state index contributed by atoms with van der Waals surface area (Å²) in [6.45, 7) is 2.13. The minimum atomic E-state index is 0.508. The van der Waals surface area contributed by atoms with Crippen LogP contribution < -0.4 is 5.36 Å². The first kappa shape index (κ1) is 11.7. The molecule has 0 bridgehead atoms. The lowest BCUT2D eigenvalue weighted by molar-refractivity contribution is 0.788. The largest absolute Gasteiger partial charge is 0.299 e. The molecule has 76 valence electrons. The van der Waals surface area contributed by atoms with E-state index >= 15 is 0 Å². The molecule has 14 heavy (non-hydrogen) atoms. The molecule has 3 heteroatoms. The van der Waals surface area contributed by atoms with Gasteiger partial charge in [0.15, 0.2) is 0 Å². The van der Waals surface area contributed by atoms with Crippen LogP contribution in [0.3, 0.4) is 0 Å². The molecule has 0 spiro atoms. The molecule has 1 nitrogen and oxygen atoms in total. The molecule has 0 saturated carbocycles. The Bertz CT molecular complexity index is 376. The highest BCUT2D eigenvalue weighted by molar-refractivity contribution is 9.10. The zero-order chi connectivity index (χ0) is 10.6. The van der Waals surface area contributed by atoms with E-state index in [2.05, 4.69) is 22.9 Å². The van der Waals surface area contributed by atoms with E-state index in [1.165, 1.54) is 0 Å². The molecular formula is C11H13BrClN. The average molecular weight is 275 g/mol. The second-order valence-corrected chi connectivity index (χ2v) is 4.44. The third-order valence-corrected chi connectivity index (χ3v) is 3.11. The highest BCUT2D eigenvalue weighted by atomic mass is 79.9. The van der Waals surface area contributed by atoms with Crippen LogP contribution in [-0.4, -0.2) is 0 Å². The topological polar surface area (TPSA) is 23.9 Å². The smallest absolute Gasteiger partial charge is 0.0728 e. The molecule has 1 aromatic carbocycles. The van der Waals surface area contributed by atoms with Gasteiger partial charge in [-0.3, -0.25) is 5.41 Å². The van der Waals surface area contributed by atoms with Crippen LogP contribution in [0.4, 0.5) is 0 Å². The van der Waals surface area contributed by atoms with Crippen molar-refractivity contribution in [2.75, 3.05) is 0 Å². The van der Waals surface area contributed by atoms with Crippen LogP contribution in [0.5, 0.6) is 0 Å². The summed E-state index contributed by atoms with van der Waals surface area (Å²) in [7, 11) is 0. The number of unbranched alkanes of at least 4 members (excludes halogenated alkanes) is 1. The van der Waals surface area contributed by atoms with Crippen molar-refractivity contribution in [2.24, 2.45) is 0 Å². The van der Waals surface area contributed by atoms with Gasteiger partial charge >= 0.3 is 0 Å². The van der Waals surface area contributed by atoms with Gasteiger partial charge in [-0.15, -0.1) is 0 Å². The molecule has 0 aromatic heterocycles. The summed E-state index contributed by atoms with van der Waals surface area (Å²) in [4.78, 5) is 0. The molecule has 1 N–H and O–H groups in total. The van der Waals surface area contributed by atoms with Crippen molar-refractivity contribution >= 4 is 27.5 Å². The lowest BCUT2D eigenvalue weighted by atomic mass is 10.1. The summed E-state index contributed by atoms with van der Waals surface area (Å²) in [5, 5.41) is 9.10. The van der Waals surface area contributed by atoms with Crippen molar-refractivity contribution in [1.82, 2.24) is 0 Å². The van der Waals surface area contributed by atoms with Gasteiger partial charge in [-0.05, 0) is 46.5 Å². The van der Waals surface area contributed by atoms with Gasteiger partial charge in [-0.25, -0.2) is 0 Å². The molecular weight excluding hydrogens is 261 g/mol. The summed E-state index contributed by atoms with van der Waals surface area (Å²) in [5.41, 5.74) is 0.936. The number of halogens is 2. The predicted octanol–water partition coefficient (Wildman–Crippen LogP) is 3.92. The van der Waals surface area contributed by atoms with Gasteiger partial charge in [0.05, 0.1) is 5.36 Å². The van der Waals surface area contributed by atoms with Crippen molar-refractivity contribution in [3.8, 4) is 0 Å². The first-order valence-electron chi connectivity index (χ1n) is 4.68. The summed E-state index contributed by atoms with van der Waals surface area (Å²) in [6.07, 6.45) is 3.06. The number of nitrogens with one attached hydrogen (secondary N) is 1. The van der Waals surface area contributed by atoms with Crippen LogP contribution >= 0.6 is 27.5 Å². The van der Waals surface area contributed by atoms with Gasteiger partial charge in [0, 0.05) is 9.50 Å². The molecule has 0 amide bonds. The monoisotopic (exact) mass is 273 g/mol. The standard InChI is InChI=1S/C11H13BrClN/c1-2-3-5-8-10(13)7-4-6-9(12)11(8)14/h4,6-7,14H,2-3,5H2,1H3. The zero-order valence-electron chi connectivity index (χ0n) is 8.11. The Morgan fingerprint density at radius 1 is 1.43 bits per heavy atom. The van der Waals surface area contributed by atoms with Gasteiger partial charge in [-0.2, -0.15) is 0 Å². The van der Waals surface area contributed by atoms with E-state index in [-0.39, 0.29) is 0 Å². The quantitative estimate of drug-likeness (QED) is 0.864. The van der Waals surface area contributed by atoms with Crippen molar-refractivity contribution in [1.29, 1.82) is 5.41 Å². The van der Waals surface area contributed by atoms with Crippen LogP contribution in [-0.2, 0) is 6.42 Å². The Balaban J connectivity index is 3.20. The Morgan fingerprint density at radius 3 is 2.79 bits per heavy atom. The first-order valence-corrected chi connectivity index (χ1v) is 5.85. The fraction of sp³-hybridized carbons (Fsp3) is 0.364. The molecule has 1 rings (SSSR count). The summed E-state index contributed by atoms with van der Waals surface area (Å²) in [5.74, 6) is 0. The van der Waals surface area contributed by atoms with Crippen molar-refractivity contribution in [2.45, 2.75) is 26.2 Å². The highest BCUT2D eigenvalue weighted by Crippen LogP contribution is 2.15. The number of rotatable bonds is 3. The molecule has 0 unspecified atom stereocenters. The van der Waals surface area contributed by atoms with Gasteiger partial charge in [0.25, 0.3) is 0 Å². The second-order valence-electron chi connectivity index (χ2n) is 3.18. The first-order chi connectivity index (χ1) is 6.66. The second kappa shape index (κ2) is 5.52. The van der Waals surface area contributed by atoms with E-state index in [4.69, 9.17) is 17.0 Å². The predicted molar refractivity (Wildman–Crippen MR) is 63.6 cm³/mol. The number of hydrogen-bond acceptors (Lipinski definition) is 1. The fourth-order valence-corrected chi connectivity index (χ4v) is 1.92. The molecule has 0 fully saturated rings. The minimum Gasteiger partial charge on any atom is -0.299 e. The maximum atomic E-state index is 7.90. The molecule has 0 heterocycles. The van der Waals surface area contributed by atoms with E-state index in [0.29, 0.717) is 10.4 Å². The Morgan fingerprint density at radius 2 is 2.14 bits per heavy atom. The third-order valence-electron chi connectivity index (χ3n) is 2.09. The normalized spacial score (nSPS) is 10.2. The minimum absolute atomic E-state index is 0.508. The van der Waals surface area contributed by atoms with Gasteiger partial charge < -0.3 is 0 Å². The van der Waals surface area contributed by atoms with Crippen LogP contribution in [0.15, 0.2) is 22.7 Å². The van der Waals surface area contributed by atoms with Crippen molar-refractivity contribution in [3.05, 3.63) is 38.6 Å². The van der Waals surface area contributed by atoms with Crippen LogP contribution in [0, 0.1) is 5.41 Å². The average Bonchev–Trinajstić information content (AvgIpc) is 2.27. The summed E-state index contributed by atoms with van der Waals surface area (Å²) < 4.78 is 0.801. The SMILES string of the molecule is CCCCc1c(Cl)cccc(Br)c1=N. The highest BCUT2D eigenvalue weighted by Gasteiger charge is 2.02. The summed E-state index contributed by atoms with van der Waals surface area (Å²) >= 11 is 9.44.